The third-order valence-electron chi connectivity index (χ3n) is 3.00. The number of rotatable bonds is 2. The van der Waals surface area contributed by atoms with E-state index in [9.17, 15) is 5.11 Å². The molecule has 1 aromatic carbocycles. The van der Waals surface area contributed by atoms with Gasteiger partial charge in [-0.2, -0.15) is 0 Å². The SMILES string of the molecule is CC1CNCCN1Cc1ccccc1O.Cl.Cl.Cl. The lowest BCUT2D eigenvalue weighted by Gasteiger charge is -2.33. The van der Waals surface area contributed by atoms with Gasteiger partial charge in [0.05, 0.1) is 0 Å². The van der Waals surface area contributed by atoms with Gasteiger partial charge in [-0.3, -0.25) is 4.90 Å². The minimum absolute atomic E-state index is 0. The van der Waals surface area contributed by atoms with Crippen LogP contribution in [0.1, 0.15) is 12.5 Å². The highest BCUT2D eigenvalue weighted by Gasteiger charge is 2.18. The molecule has 1 aliphatic heterocycles. The molecule has 1 saturated heterocycles. The van der Waals surface area contributed by atoms with E-state index in [4.69, 9.17) is 0 Å². The highest BCUT2D eigenvalue weighted by atomic mass is 35.5. The Labute approximate surface area is 127 Å². The monoisotopic (exact) mass is 314 g/mol. The van der Waals surface area contributed by atoms with E-state index in [0.29, 0.717) is 11.8 Å². The van der Waals surface area contributed by atoms with Gasteiger partial charge in [-0.05, 0) is 13.0 Å². The number of aromatic hydroxyl groups is 1. The number of nitrogens with one attached hydrogen (secondary N) is 1. The maximum absolute atomic E-state index is 9.69. The second-order valence-corrected chi connectivity index (χ2v) is 4.15. The van der Waals surface area contributed by atoms with Crippen molar-refractivity contribution in [2.24, 2.45) is 0 Å². The molecule has 6 heteroatoms. The Morgan fingerprint density at radius 2 is 1.94 bits per heavy atom. The molecule has 106 valence electrons. The molecule has 1 aromatic rings. The zero-order valence-corrected chi connectivity index (χ0v) is 12.8. The molecule has 18 heavy (non-hydrogen) atoms. The Hall–Kier alpha value is -0.190. The second kappa shape index (κ2) is 9.70. The largest absolute Gasteiger partial charge is 0.508 e. The van der Waals surface area contributed by atoms with Crippen LogP contribution in [0.25, 0.3) is 0 Å². The first-order valence-electron chi connectivity index (χ1n) is 5.49. The van der Waals surface area contributed by atoms with Crippen molar-refractivity contribution in [1.82, 2.24) is 10.2 Å². The number of piperazine rings is 1. The summed E-state index contributed by atoms with van der Waals surface area (Å²) in [6, 6.07) is 8.12. The van der Waals surface area contributed by atoms with Crippen LogP contribution >= 0.6 is 37.2 Å². The number of nitrogens with zero attached hydrogens (tertiary/aromatic N) is 1. The van der Waals surface area contributed by atoms with Crippen LogP contribution in [-0.2, 0) is 6.54 Å². The van der Waals surface area contributed by atoms with E-state index in [2.05, 4.69) is 17.1 Å². The van der Waals surface area contributed by atoms with E-state index < -0.39 is 0 Å². The van der Waals surface area contributed by atoms with Crippen LogP contribution in [0.3, 0.4) is 0 Å². The van der Waals surface area contributed by atoms with E-state index in [-0.39, 0.29) is 37.2 Å². The lowest BCUT2D eigenvalue weighted by Crippen LogP contribution is -2.49. The molecule has 0 saturated carbocycles. The van der Waals surface area contributed by atoms with Crippen LogP contribution in [0, 0.1) is 0 Å². The number of halogens is 3. The topological polar surface area (TPSA) is 35.5 Å². The first-order chi connectivity index (χ1) is 7.27. The van der Waals surface area contributed by atoms with Crippen molar-refractivity contribution in [2.45, 2.75) is 19.5 Å². The van der Waals surface area contributed by atoms with Crippen LogP contribution in [0.2, 0.25) is 0 Å². The highest BCUT2D eigenvalue weighted by molar-refractivity contribution is 5.86. The summed E-state index contributed by atoms with van der Waals surface area (Å²) in [6.07, 6.45) is 0. The van der Waals surface area contributed by atoms with Gasteiger partial charge in [0.15, 0.2) is 0 Å². The molecule has 0 aromatic heterocycles. The highest BCUT2D eigenvalue weighted by Crippen LogP contribution is 2.19. The third kappa shape index (κ3) is 5.21. The Morgan fingerprint density at radius 3 is 2.56 bits per heavy atom. The standard InChI is InChI=1S/C12H18N2O.3ClH/c1-10-8-13-6-7-14(10)9-11-4-2-3-5-12(11)15;;;/h2-5,10,13,15H,6-9H2,1H3;3*1H. The molecule has 0 radical (unpaired) electrons. The molecule has 0 amide bonds. The molecule has 1 heterocycles. The van der Waals surface area contributed by atoms with Crippen LogP contribution in [0.4, 0.5) is 0 Å². The number of hydrogen-bond donors (Lipinski definition) is 2. The summed E-state index contributed by atoms with van der Waals surface area (Å²) in [5.74, 6) is 0.406. The minimum atomic E-state index is 0. The van der Waals surface area contributed by atoms with Gasteiger partial charge in [-0.1, -0.05) is 18.2 Å². The fraction of sp³-hybridized carbons (Fsp3) is 0.500. The van der Waals surface area contributed by atoms with E-state index in [1.165, 1.54) is 0 Å². The zero-order valence-electron chi connectivity index (χ0n) is 10.3. The number of phenolic OH excluding ortho intramolecular Hbond substituents is 1. The van der Waals surface area contributed by atoms with Crippen molar-refractivity contribution in [3.63, 3.8) is 0 Å². The average Bonchev–Trinajstić information content (AvgIpc) is 2.24. The maximum atomic E-state index is 9.69. The number of para-hydroxylation sites is 1. The van der Waals surface area contributed by atoms with Crippen LogP contribution < -0.4 is 5.32 Å². The molecule has 2 N–H and O–H groups in total. The quantitative estimate of drug-likeness (QED) is 0.880. The zero-order chi connectivity index (χ0) is 10.7. The normalized spacial score (nSPS) is 19.1. The molecular formula is C12H21Cl3N2O. The fourth-order valence-corrected chi connectivity index (χ4v) is 1.98. The van der Waals surface area contributed by atoms with Crippen molar-refractivity contribution >= 4 is 37.2 Å². The molecule has 1 unspecified atom stereocenters. The number of hydrogen-bond acceptors (Lipinski definition) is 3. The van der Waals surface area contributed by atoms with Crippen LogP contribution in [0.15, 0.2) is 24.3 Å². The molecule has 2 rings (SSSR count). The van der Waals surface area contributed by atoms with Crippen molar-refractivity contribution in [1.29, 1.82) is 0 Å². The Bertz CT molecular complexity index is 339. The molecule has 0 aliphatic carbocycles. The van der Waals surface area contributed by atoms with Crippen LogP contribution in [-0.4, -0.2) is 35.7 Å². The van der Waals surface area contributed by atoms with Gasteiger partial charge in [0.2, 0.25) is 0 Å². The molecule has 3 nitrogen and oxygen atoms in total. The van der Waals surface area contributed by atoms with Crippen molar-refractivity contribution in [2.75, 3.05) is 19.6 Å². The molecule has 0 bridgehead atoms. The summed E-state index contributed by atoms with van der Waals surface area (Å²) in [6.45, 7) is 6.18. The van der Waals surface area contributed by atoms with E-state index in [1.54, 1.807) is 6.07 Å². The third-order valence-corrected chi connectivity index (χ3v) is 3.00. The van der Waals surface area contributed by atoms with Crippen LogP contribution in [0.5, 0.6) is 5.75 Å². The summed E-state index contributed by atoms with van der Waals surface area (Å²) >= 11 is 0. The maximum Gasteiger partial charge on any atom is 0.120 e. The number of benzene rings is 1. The fourth-order valence-electron chi connectivity index (χ4n) is 1.98. The summed E-state index contributed by atoms with van der Waals surface area (Å²) in [5, 5.41) is 13.0. The summed E-state index contributed by atoms with van der Waals surface area (Å²) < 4.78 is 0. The smallest absolute Gasteiger partial charge is 0.120 e. The summed E-state index contributed by atoms with van der Waals surface area (Å²) in [7, 11) is 0. The molecular weight excluding hydrogens is 295 g/mol. The molecule has 1 aliphatic rings. The Balaban J connectivity index is 0. The van der Waals surface area contributed by atoms with Crippen molar-refractivity contribution in [3.05, 3.63) is 29.8 Å². The number of phenols is 1. The summed E-state index contributed by atoms with van der Waals surface area (Å²) in [4.78, 5) is 2.39. The van der Waals surface area contributed by atoms with Gasteiger partial charge in [0, 0.05) is 37.8 Å². The van der Waals surface area contributed by atoms with Gasteiger partial charge in [0.25, 0.3) is 0 Å². The summed E-state index contributed by atoms with van der Waals surface area (Å²) in [5.41, 5.74) is 1.02. The molecule has 1 atom stereocenters. The Kier molecular flexibility index (Phi) is 10.9. The van der Waals surface area contributed by atoms with Gasteiger partial charge in [0.1, 0.15) is 5.75 Å². The Morgan fingerprint density at radius 1 is 1.28 bits per heavy atom. The van der Waals surface area contributed by atoms with E-state index in [1.807, 2.05) is 18.2 Å². The first-order valence-corrected chi connectivity index (χ1v) is 5.49. The van der Waals surface area contributed by atoms with Crippen molar-refractivity contribution in [3.8, 4) is 5.75 Å². The van der Waals surface area contributed by atoms with Crippen molar-refractivity contribution < 1.29 is 5.11 Å². The van der Waals surface area contributed by atoms with E-state index >= 15 is 0 Å². The van der Waals surface area contributed by atoms with Gasteiger partial charge < -0.3 is 10.4 Å². The van der Waals surface area contributed by atoms with Gasteiger partial charge >= 0.3 is 0 Å². The second-order valence-electron chi connectivity index (χ2n) is 4.15. The molecule has 0 spiro atoms. The minimum Gasteiger partial charge on any atom is -0.508 e. The predicted octanol–water partition coefficient (Wildman–Crippen LogP) is 2.45. The first kappa shape index (κ1) is 20.1. The lowest BCUT2D eigenvalue weighted by molar-refractivity contribution is 0.164. The lowest BCUT2D eigenvalue weighted by atomic mass is 10.1. The van der Waals surface area contributed by atoms with Gasteiger partial charge in [-0.15, -0.1) is 37.2 Å². The predicted molar refractivity (Wildman–Crippen MR) is 82.6 cm³/mol. The van der Waals surface area contributed by atoms with E-state index in [0.717, 1.165) is 31.7 Å². The average molecular weight is 316 g/mol. The van der Waals surface area contributed by atoms with Gasteiger partial charge in [-0.25, -0.2) is 0 Å². The molecule has 1 fully saturated rings.